The van der Waals surface area contributed by atoms with Gasteiger partial charge in [-0.3, -0.25) is 19.3 Å². The minimum absolute atomic E-state index is 0.00279. The quantitative estimate of drug-likeness (QED) is 0.426. The number of amides is 3. The van der Waals surface area contributed by atoms with Crippen LogP contribution in [0.4, 0.5) is 0 Å². The lowest BCUT2D eigenvalue weighted by molar-refractivity contribution is -0.126. The van der Waals surface area contributed by atoms with Gasteiger partial charge in [0.05, 0.1) is 19.6 Å². The number of carbonyl (C=O) groups is 3. The Balaban J connectivity index is 2.20. The Morgan fingerprint density at radius 1 is 1.15 bits per heavy atom. The highest BCUT2D eigenvalue weighted by atomic mass is 16.2. The molecule has 0 aromatic carbocycles. The van der Waals surface area contributed by atoms with E-state index in [4.69, 9.17) is 5.73 Å². The van der Waals surface area contributed by atoms with Crippen LogP contribution in [0.5, 0.6) is 0 Å². The van der Waals surface area contributed by atoms with Crippen molar-refractivity contribution in [2.45, 2.75) is 18.9 Å². The zero-order valence-electron chi connectivity index (χ0n) is 11.8. The number of nitrogens with one attached hydrogen (secondary N) is 3. The van der Waals surface area contributed by atoms with Crippen molar-refractivity contribution in [3.8, 4) is 0 Å². The van der Waals surface area contributed by atoms with Gasteiger partial charge in [-0.05, 0) is 12.8 Å². The summed E-state index contributed by atoms with van der Waals surface area (Å²) < 4.78 is 0. The third-order valence-electron chi connectivity index (χ3n) is 3.23. The van der Waals surface area contributed by atoms with Crippen molar-refractivity contribution in [3.63, 3.8) is 0 Å². The second-order valence-corrected chi connectivity index (χ2v) is 4.77. The predicted molar refractivity (Wildman–Crippen MR) is 73.7 cm³/mol. The SMILES string of the molecule is CNC(=O)CN1CCC(NC(=O)CNC(=O)CN)CC1. The summed E-state index contributed by atoms with van der Waals surface area (Å²) >= 11 is 0. The van der Waals surface area contributed by atoms with Gasteiger partial charge in [0.25, 0.3) is 0 Å². The van der Waals surface area contributed by atoms with Gasteiger partial charge in [0.2, 0.25) is 17.7 Å². The van der Waals surface area contributed by atoms with Crippen LogP contribution in [0, 0.1) is 0 Å². The molecule has 0 radical (unpaired) electrons. The first kappa shape index (κ1) is 16.4. The van der Waals surface area contributed by atoms with E-state index in [-0.39, 0.29) is 36.9 Å². The average Bonchev–Trinajstić information content (AvgIpc) is 2.46. The molecular formula is C12H23N5O3. The largest absolute Gasteiger partial charge is 0.358 e. The van der Waals surface area contributed by atoms with Crippen LogP contribution in [0.3, 0.4) is 0 Å². The smallest absolute Gasteiger partial charge is 0.239 e. The van der Waals surface area contributed by atoms with Crippen LogP contribution in [0.1, 0.15) is 12.8 Å². The Hall–Kier alpha value is -1.67. The number of nitrogens with zero attached hydrogens (tertiary/aromatic N) is 1. The summed E-state index contributed by atoms with van der Waals surface area (Å²) in [6.07, 6.45) is 1.60. The Kier molecular flexibility index (Phi) is 6.96. The summed E-state index contributed by atoms with van der Waals surface area (Å²) in [5.41, 5.74) is 5.13. The number of hydrogen-bond donors (Lipinski definition) is 4. The summed E-state index contributed by atoms with van der Waals surface area (Å²) in [5.74, 6) is -0.561. The van der Waals surface area contributed by atoms with Gasteiger partial charge in [-0.25, -0.2) is 0 Å². The standard InChI is InChI=1S/C12H23N5O3/c1-14-12(20)8-17-4-2-9(3-5-17)16-11(19)7-15-10(18)6-13/h9H,2-8,13H2,1H3,(H,14,20)(H,15,18)(H,16,19). The first-order valence-corrected chi connectivity index (χ1v) is 6.74. The van der Waals surface area contributed by atoms with Crippen molar-refractivity contribution in [3.05, 3.63) is 0 Å². The number of nitrogens with two attached hydrogens (primary N) is 1. The first-order chi connectivity index (χ1) is 9.55. The van der Waals surface area contributed by atoms with Crippen molar-refractivity contribution in [2.75, 3.05) is 39.8 Å². The summed E-state index contributed by atoms with van der Waals surface area (Å²) in [6.45, 7) is 1.77. The number of hydrogen-bond acceptors (Lipinski definition) is 5. The molecule has 0 spiro atoms. The molecular weight excluding hydrogens is 262 g/mol. The highest BCUT2D eigenvalue weighted by Gasteiger charge is 2.21. The zero-order valence-corrected chi connectivity index (χ0v) is 11.8. The normalized spacial score (nSPS) is 16.5. The molecule has 1 aliphatic heterocycles. The lowest BCUT2D eigenvalue weighted by Crippen LogP contribution is -2.49. The fourth-order valence-electron chi connectivity index (χ4n) is 2.05. The molecule has 0 aliphatic carbocycles. The van der Waals surface area contributed by atoms with E-state index in [1.54, 1.807) is 7.05 Å². The van der Waals surface area contributed by atoms with Gasteiger partial charge in [0.15, 0.2) is 0 Å². The molecule has 0 bridgehead atoms. The van der Waals surface area contributed by atoms with Gasteiger partial charge in [-0.1, -0.05) is 0 Å². The summed E-state index contributed by atoms with van der Waals surface area (Å²) in [6, 6.07) is 0.0956. The van der Waals surface area contributed by atoms with Crippen LogP contribution < -0.4 is 21.7 Å². The van der Waals surface area contributed by atoms with Crippen LogP contribution in [0.15, 0.2) is 0 Å². The number of rotatable bonds is 6. The molecule has 1 heterocycles. The minimum Gasteiger partial charge on any atom is -0.358 e. The van der Waals surface area contributed by atoms with Crippen LogP contribution in [0.25, 0.3) is 0 Å². The van der Waals surface area contributed by atoms with Crippen molar-refractivity contribution in [1.29, 1.82) is 0 Å². The maximum atomic E-state index is 11.6. The van der Waals surface area contributed by atoms with E-state index in [0.29, 0.717) is 6.54 Å². The minimum atomic E-state index is -0.347. The summed E-state index contributed by atoms with van der Waals surface area (Å²) in [7, 11) is 1.62. The average molecular weight is 285 g/mol. The fraction of sp³-hybridized carbons (Fsp3) is 0.750. The van der Waals surface area contributed by atoms with E-state index in [0.717, 1.165) is 25.9 Å². The van der Waals surface area contributed by atoms with Crippen molar-refractivity contribution in [2.24, 2.45) is 5.73 Å². The van der Waals surface area contributed by atoms with E-state index in [2.05, 4.69) is 20.9 Å². The van der Waals surface area contributed by atoms with Gasteiger partial charge >= 0.3 is 0 Å². The molecule has 1 rings (SSSR count). The molecule has 1 saturated heterocycles. The van der Waals surface area contributed by atoms with Crippen molar-refractivity contribution in [1.82, 2.24) is 20.9 Å². The molecule has 114 valence electrons. The van der Waals surface area contributed by atoms with Crippen molar-refractivity contribution >= 4 is 17.7 Å². The molecule has 3 amide bonds. The number of piperidine rings is 1. The monoisotopic (exact) mass is 285 g/mol. The first-order valence-electron chi connectivity index (χ1n) is 6.74. The van der Waals surface area contributed by atoms with E-state index >= 15 is 0 Å². The Morgan fingerprint density at radius 2 is 1.80 bits per heavy atom. The van der Waals surface area contributed by atoms with E-state index in [9.17, 15) is 14.4 Å². The van der Waals surface area contributed by atoms with Gasteiger partial charge in [-0.15, -0.1) is 0 Å². The molecule has 5 N–H and O–H groups in total. The van der Waals surface area contributed by atoms with Gasteiger partial charge in [0.1, 0.15) is 0 Å². The maximum Gasteiger partial charge on any atom is 0.239 e. The number of carbonyl (C=O) groups excluding carboxylic acids is 3. The fourth-order valence-corrected chi connectivity index (χ4v) is 2.05. The second kappa shape index (κ2) is 8.49. The van der Waals surface area contributed by atoms with Crippen LogP contribution in [0.2, 0.25) is 0 Å². The lowest BCUT2D eigenvalue weighted by Gasteiger charge is -2.31. The number of likely N-dealkylation sites (N-methyl/N-ethyl adjacent to an activating group) is 1. The molecule has 1 aliphatic rings. The molecule has 0 aromatic rings. The van der Waals surface area contributed by atoms with Crippen molar-refractivity contribution < 1.29 is 14.4 Å². The highest BCUT2D eigenvalue weighted by molar-refractivity contribution is 5.85. The summed E-state index contributed by atoms with van der Waals surface area (Å²) in [5, 5.41) is 7.88. The zero-order chi connectivity index (χ0) is 15.0. The molecule has 20 heavy (non-hydrogen) atoms. The molecule has 8 heteroatoms. The van der Waals surface area contributed by atoms with E-state index in [1.807, 2.05) is 0 Å². The van der Waals surface area contributed by atoms with E-state index in [1.165, 1.54) is 0 Å². The lowest BCUT2D eigenvalue weighted by atomic mass is 10.1. The molecule has 0 saturated carbocycles. The van der Waals surface area contributed by atoms with Crippen LogP contribution in [-0.2, 0) is 14.4 Å². The molecule has 1 fully saturated rings. The summed E-state index contributed by atoms with van der Waals surface area (Å²) in [4.78, 5) is 35.8. The molecule has 0 atom stereocenters. The molecule has 8 nitrogen and oxygen atoms in total. The maximum absolute atomic E-state index is 11.6. The van der Waals surface area contributed by atoms with Gasteiger partial charge < -0.3 is 21.7 Å². The van der Waals surface area contributed by atoms with Crippen LogP contribution >= 0.6 is 0 Å². The Labute approximate surface area is 118 Å². The third kappa shape index (κ3) is 5.98. The topological polar surface area (TPSA) is 117 Å². The molecule has 0 aromatic heterocycles. The number of likely N-dealkylation sites (tertiary alicyclic amines) is 1. The Morgan fingerprint density at radius 3 is 2.35 bits per heavy atom. The van der Waals surface area contributed by atoms with Crippen LogP contribution in [-0.4, -0.2) is 68.4 Å². The van der Waals surface area contributed by atoms with Gasteiger partial charge in [0, 0.05) is 26.2 Å². The second-order valence-electron chi connectivity index (χ2n) is 4.77. The van der Waals surface area contributed by atoms with E-state index < -0.39 is 0 Å². The van der Waals surface area contributed by atoms with Gasteiger partial charge in [-0.2, -0.15) is 0 Å². The highest BCUT2D eigenvalue weighted by Crippen LogP contribution is 2.09. The Bertz CT molecular complexity index is 353. The molecule has 0 unspecified atom stereocenters. The predicted octanol–water partition coefficient (Wildman–Crippen LogP) is -2.61. The third-order valence-corrected chi connectivity index (χ3v) is 3.23.